The van der Waals surface area contributed by atoms with Crippen molar-refractivity contribution in [2.24, 2.45) is 5.73 Å². The van der Waals surface area contributed by atoms with Crippen molar-refractivity contribution in [1.29, 1.82) is 0 Å². The van der Waals surface area contributed by atoms with Gasteiger partial charge < -0.3 is 11.1 Å². The van der Waals surface area contributed by atoms with Crippen LogP contribution in [0.5, 0.6) is 0 Å². The molecule has 15 heavy (non-hydrogen) atoms. The van der Waals surface area contributed by atoms with Gasteiger partial charge in [0, 0.05) is 36.1 Å². The lowest BCUT2D eigenvalue weighted by molar-refractivity contribution is 0.493. The van der Waals surface area contributed by atoms with Crippen LogP contribution in [0.4, 0.5) is 0 Å². The number of hydrogen-bond acceptors (Lipinski definition) is 4. The van der Waals surface area contributed by atoms with Gasteiger partial charge in [-0.1, -0.05) is 6.92 Å². The standard InChI is InChI=1S/C11H19N3S/c1-8(11-13-4-5-15-11)7-14-10-3-2-9(12)6-10/h4-5,8-10,14H,2-3,6-7,12H2,1H3. The molecule has 1 saturated carbocycles. The summed E-state index contributed by atoms with van der Waals surface area (Å²) in [5.41, 5.74) is 5.88. The SMILES string of the molecule is CC(CNC1CCC(N)C1)c1nccs1. The molecular formula is C11H19N3S. The second-order valence-corrected chi connectivity index (χ2v) is 5.38. The molecule has 1 aliphatic rings. The molecule has 1 aromatic heterocycles. The fourth-order valence-electron chi connectivity index (χ4n) is 2.11. The minimum Gasteiger partial charge on any atom is -0.328 e. The lowest BCUT2D eigenvalue weighted by Gasteiger charge is -2.15. The van der Waals surface area contributed by atoms with E-state index in [9.17, 15) is 0 Å². The van der Waals surface area contributed by atoms with Crippen molar-refractivity contribution in [3.8, 4) is 0 Å². The van der Waals surface area contributed by atoms with Gasteiger partial charge in [0.05, 0.1) is 5.01 Å². The van der Waals surface area contributed by atoms with Crippen LogP contribution < -0.4 is 11.1 Å². The van der Waals surface area contributed by atoms with E-state index in [4.69, 9.17) is 5.73 Å². The molecule has 1 heterocycles. The van der Waals surface area contributed by atoms with E-state index in [1.165, 1.54) is 17.8 Å². The highest BCUT2D eigenvalue weighted by Gasteiger charge is 2.21. The van der Waals surface area contributed by atoms with Crippen LogP contribution in [-0.4, -0.2) is 23.6 Å². The van der Waals surface area contributed by atoms with Crippen molar-refractivity contribution < 1.29 is 0 Å². The Morgan fingerprint density at radius 2 is 2.53 bits per heavy atom. The maximum atomic E-state index is 5.88. The molecule has 0 saturated heterocycles. The van der Waals surface area contributed by atoms with Crippen LogP contribution in [0, 0.1) is 0 Å². The van der Waals surface area contributed by atoms with Gasteiger partial charge in [0.2, 0.25) is 0 Å². The molecule has 0 spiro atoms. The van der Waals surface area contributed by atoms with Gasteiger partial charge in [0.25, 0.3) is 0 Å². The van der Waals surface area contributed by atoms with Crippen LogP contribution in [0.1, 0.15) is 37.1 Å². The van der Waals surface area contributed by atoms with E-state index < -0.39 is 0 Å². The van der Waals surface area contributed by atoms with E-state index in [0.717, 1.165) is 13.0 Å². The van der Waals surface area contributed by atoms with Crippen molar-refractivity contribution >= 4 is 11.3 Å². The first-order valence-corrected chi connectivity index (χ1v) is 6.52. The normalized spacial score (nSPS) is 28.1. The predicted molar refractivity (Wildman–Crippen MR) is 64.1 cm³/mol. The van der Waals surface area contributed by atoms with Crippen molar-refractivity contribution in [3.63, 3.8) is 0 Å². The van der Waals surface area contributed by atoms with Gasteiger partial charge in [0.1, 0.15) is 0 Å². The number of thiazole rings is 1. The van der Waals surface area contributed by atoms with E-state index in [1.54, 1.807) is 11.3 Å². The molecule has 1 aliphatic carbocycles. The van der Waals surface area contributed by atoms with Gasteiger partial charge in [-0.2, -0.15) is 0 Å². The summed E-state index contributed by atoms with van der Waals surface area (Å²) in [5, 5.41) is 6.85. The minimum atomic E-state index is 0.415. The first kappa shape index (κ1) is 11.0. The Balaban J connectivity index is 1.74. The monoisotopic (exact) mass is 225 g/mol. The fraction of sp³-hybridized carbons (Fsp3) is 0.727. The third-order valence-corrected chi connectivity index (χ3v) is 4.07. The summed E-state index contributed by atoms with van der Waals surface area (Å²) in [5.74, 6) is 0.516. The highest BCUT2D eigenvalue weighted by molar-refractivity contribution is 7.09. The van der Waals surface area contributed by atoms with Gasteiger partial charge in [0.15, 0.2) is 0 Å². The topological polar surface area (TPSA) is 50.9 Å². The lowest BCUT2D eigenvalue weighted by Crippen LogP contribution is -2.31. The molecule has 0 radical (unpaired) electrons. The average Bonchev–Trinajstić information content (AvgIpc) is 2.84. The molecule has 3 N–H and O–H groups in total. The third-order valence-electron chi connectivity index (χ3n) is 3.06. The summed E-state index contributed by atoms with van der Waals surface area (Å²) in [4.78, 5) is 4.33. The molecule has 3 unspecified atom stereocenters. The Kier molecular flexibility index (Phi) is 3.72. The number of nitrogens with one attached hydrogen (secondary N) is 1. The summed E-state index contributed by atoms with van der Waals surface area (Å²) >= 11 is 1.74. The summed E-state index contributed by atoms with van der Waals surface area (Å²) < 4.78 is 0. The molecule has 0 bridgehead atoms. The van der Waals surface area contributed by atoms with Crippen LogP contribution in [-0.2, 0) is 0 Å². The molecule has 2 rings (SSSR count). The highest BCUT2D eigenvalue weighted by Crippen LogP contribution is 2.20. The van der Waals surface area contributed by atoms with Gasteiger partial charge in [-0.05, 0) is 19.3 Å². The van der Waals surface area contributed by atoms with Gasteiger partial charge in [-0.15, -0.1) is 11.3 Å². The summed E-state index contributed by atoms with van der Waals surface area (Å²) in [6.45, 7) is 3.24. The summed E-state index contributed by atoms with van der Waals surface area (Å²) in [6.07, 6.45) is 5.40. The number of aromatic nitrogens is 1. The summed E-state index contributed by atoms with van der Waals surface area (Å²) in [6, 6.07) is 1.04. The highest BCUT2D eigenvalue weighted by atomic mass is 32.1. The molecule has 1 fully saturated rings. The largest absolute Gasteiger partial charge is 0.328 e. The Morgan fingerprint density at radius 3 is 3.13 bits per heavy atom. The zero-order valence-electron chi connectivity index (χ0n) is 9.15. The van der Waals surface area contributed by atoms with Crippen molar-refractivity contribution in [3.05, 3.63) is 16.6 Å². The number of nitrogens with two attached hydrogens (primary N) is 1. The first-order valence-electron chi connectivity index (χ1n) is 5.64. The van der Waals surface area contributed by atoms with Gasteiger partial charge in [-0.25, -0.2) is 4.98 Å². The number of rotatable bonds is 4. The molecule has 3 atom stereocenters. The second kappa shape index (κ2) is 5.05. The van der Waals surface area contributed by atoms with Crippen molar-refractivity contribution in [2.45, 2.75) is 44.2 Å². The zero-order valence-corrected chi connectivity index (χ0v) is 9.96. The first-order chi connectivity index (χ1) is 7.25. The van der Waals surface area contributed by atoms with Gasteiger partial charge >= 0.3 is 0 Å². The number of hydrogen-bond donors (Lipinski definition) is 2. The van der Waals surface area contributed by atoms with Crippen LogP contribution in [0.2, 0.25) is 0 Å². The fourth-order valence-corrected chi connectivity index (χ4v) is 2.81. The van der Waals surface area contributed by atoms with Crippen molar-refractivity contribution in [2.75, 3.05) is 6.54 Å². The Bertz CT molecular complexity index is 286. The van der Waals surface area contributed by atoms with Crippen LogP contribution >= 0.6 is 11.3 Å². The molecular weight excluding hydrogens is 206 g/mol. The predicted octanol–water partition coefficient (Wildman–Crippen LogP) is 1.72. The van der Waals surface area contributed by atoms with Crippen LogP contribution in [0.15, 0.2) is 11.6 Å². The molecule has 1 aromatic rings. The average molecular weight is 225 g/mol. The van der Waals surface area contributed by atoms with Crippen LogP contribution in [0.25, 0.3) is 0 Å². The molecule has 3 nitrogen and oxygen atoms in total. The maximum Gasteiger partial charge on any atom is 0.0965 e. The zero-order chi connectivity index (χ0) is 10.7. The Hall–Kier alpha value is -0.450. The molecule has 4 heteroatoms. The van der Waals surface area contributed by atoms with E-state index in [2.05, 4.69) is 17.2 Å². The maximum absolute atomic E-state index is 5.88. The third kappa shape index (κ3) is 3.00. The van der Waals surface area contributed by atoms with Gasteiger partial charge in [-0.3, -0.25) is 0 Å². The smallest absolute Gasteiger partial charge is 0.0965 e. The quantitative estimate of drug-likeness (QED) is 0.820. The van der Waals surface area contributed by atoms with E-state index in [0.29, 0.717) is 18.0 Å². The Labute approximate surface area is 95.1 Å². The number of nitrogens with zero attached hydrogens (tertiary/aromatic N) is 1. The Morgan fingerprint density at radius 1 is 1.67 bits per heavy atom. The van der Waals surface area contributed by atoms with E-state index in [1.807, 2.05) is 11.6 Å². The van der Waals surface area contributed by atoms with E-state index >= 15 is 0 Å². The van der Waals surface area contributed by atoms with Crippen LogP contribution in [0.3, 0.4) is 0 Å². The van der Waals surface area contributed by atoms with E-state index in [-0.39, 0.29) is 0 Å². The summed E-state index contributed by atoms with van der Waals surface area (Å²) in [7, 11) is 0. The second-order valence-electron chi connectivity index (χ2n) is 4.45. The molecule has 0 amide bonds. The minimum absolute atomic E-state index is 0.415. The lowest BCUT2D eigenvalue weighted by atomic mass is 10.1. The molecule has 0 aliphatic heterocycles. The molecule has 84 valence electrons. The van der Waals surface area contributed by atoms with Crippen molar-refractivity contribution in [1.82, 2.24) is 10.3 Å². The molecule has 0 aromatic carbocycles.